The lowest BCUT2D eigenvalue weighted by atomic mass is 9.96. The predicted molar refractivity (Wildman–Crippen MR) is 70.1 cm³/mol. The molecule has 5 heteroatoms. The number of hydrazine groups is 1. The van der Waals surface area contributed by atoms with Crippen LogP contribution in [0, 0.1) is 0 Å². The van der Waals surface area contributed by atoms with Gasteiger partial charge < -0.3 is 4.74 Å². The van der Waals surface area contributed by atoms with E-state index in [-0.39, 0.29) is 12.1 Å². The van der Waals surface area contributed by atoms with E-state index in [9.17, 15) is 0 Å². The molecule has 0 spiro atoms. The van der Waals surface area contributed by atoms with Crippen LogP contribution in [0.4, 0.5) is 0 Å². The maximum absolute atomic E-state index is 6.20. The molecule has 1 heterocycles. The highest BCUT2D eigenvalue weighted by Gasteiger charge is 2.27. The van der Waals surface area contributed by atoms with Gasteiger partial charge in [0, 0.05) is 6.61 Å². The van der Waals surface area contributed by atoms with Crippen LogP contribution in [0.2, 0.25) is 10.0 Å². The third-order valence-corrected chi connectivity index (χ3v) is 3.92. The Kier molecular flexibility index (Phi) is 4.65. The summed E-state index contributed by atoms with van der Waals surface area (Å²) in [5, 5.41) is 1.09. The highest BCUT2D eigenvalue weighted by atomic mass is 35.5. The second-order valence-electron chi connectivity index (χ2n) is 4.19. The maximum atomic E-state index is 6.20. The fourth-order valence-corrected chi connectivity index (χ4v) is 2.61. The summed E-state index contributed by atoms with van der Waals surface area (Å²) in [6.45, 7) is 0.779. The number of rotatable bonds is 3. The molecule has 0 bridgehead atoms. The fourth-order valence-electron chi connectivity index (χ4n) is 2.19. The molecule has 2 rings (SSSR count). The topological polar surface area (TPSA) is 47.3 Å². The Morgan fingerprint density at radius 1 is 1.35 bits per heavy atom. The molecule has 1 fully saturated rings. The summed E-state index contributed by atoms with van der Waals surface area (Å²) >= 11 is 12.2. The Labute approximate surface area is 111 Å². The molecule has 0 aromatic heterocycles. The van der Waals surface area contributed by atoms with Gasteiger partial charge >= 0.3 is 0 Å². The first-order valence-corrected chi connectivity index (χ1v) is 6.51. The van der Waals surface area contributed by atoms with Crippen molar-refractivity contribution in [1.82, 2.24) is 5.43 Å². The molecule has 0 aliphatic carbocycles. The van der Waals surface area contributed by atoms with E-state index in [0.29, 0.717) is 10.0 Å². The van der Waals surface area contributed by atoms with E-state index in [0.717, 1.165) is 31.4 Å². The van der Waals surface area contributed by atoms with Crippen molar-refractivity contribution in [2.45, 2.75) is 31.4 Å². The molecule has 0 radical (unpaired) electrons. The predicted octanol–water partition coefficient (Wildman–Crippen LogP) is 3.07. The average Bonchev–Trinajstić information content (AvgIpc) is 2.37. The number of halogens is 2. The molecule has 1 aliphatic heterocycles. The van der Waals surface area contributed by atoms with Gasteiger partial charge in [0.05, 0.1) is 22.2 Å². The summed E-state index contributed by atoms with van der Waals surface area (Å²) in [4.78, 5) is 0. The summed E-state index contributed by atoms with van der Waals surface area (Å²) in [7, 11) is 0. The standard InChI is InChI=1S/C12H16Cl2N2O/c13-9-5-3-4-8(11(9)14)12(16-15)10-6-1-2-7-17-10/h3-5,10,12,16H,1-2,6-7,15H2. The fraction of sp³-hybridized carbons (Fsp3) is 0.500. The van der Waals surface area contributed by atoms with Crippen molar-refractivity contribution < 1.29 is 4.74 Å². The van der Waals surface area contributed by atoms with Crippen molar-refractivity contribution in [2.75, 3.05) is 6.61 Å². The van der Waals surface area contributed by atoms with Crippen molar-refractivity contribution in [3.05, 3.63) is 33.8 Å². The first-order valence-electron chi connectivity index (χ1n) is 5.75. The number of benzene rings is 1. The van der Waals surface area contributed by atoms with Crippen LogP contribution in [0.15, 0.2) is 18.2 Å². The molecule has 2 atom stereocenters. The molecular weight excluding hydrogens is 259 g/mol. The minimum atomic E-state index is -0.110. The van der Waals surface area contributed by atoms with Crippen molar-refractivity contribution in [3.8, 4) is 0 Å². The average molecular weight is 275 g/mol. The zero-order valence-electron chi connectivity index (χ0n) is 9.46. The molecule has 0 amide bonds. The molecule has 1 aromatic rings. The molecule has 0 saturated carbocycles. The van der Waals surface area contributed by atoms with Crippen LogP contribution >= 0.6 is 23.2 Å². The van der Waals surface area contributed by atoms with Crippen LogP contribution in [-0.2, 0) is 4.74 Å². The third-order valence-electron chi connectivity index (χ3n) is 3.08. The first-order chi connectivity index (χ1) is 8.24. The van der Waals surface area contributed by atoms with Crippen LogP contribution < -0.4 is 11.3 Å². The summed E-state index contributed by atoms with van der Waals surface area (Å²) in [6, 6.07) is 5.46. The van der Waals surface area contributed by atoms with Gasteiger partial charge in [-0.3, -0.25) is 11.3 Å². The van der Waals surface area contributed by atoms with Gasteiger partial charge in [0.25, 0.3) is 0 Å². The maximum Gasteiger partial charge on any atom is 0.0783 e. The minimum absolute atomic E-state index is 0.0599. The van der Waals surface area contributed by atoms with E-state index in [1.165, 1.54) is 0 Å². The molecule has 2 unspecified atom stereocenters. The van der Waals surface area contributed by atoms with Gasteiger partial charge in [0.1, 0.15) is 0 Å². The molecule has 3 N–H and O–H groups in total. The van der Waals surface area contributed by atoms with Crippen molar-refractivity contribution in [3.63, 3.8) is 0 Å². The molecule has 1 aromatic carbocycles. The molecule has 94 valence electrons. The molecule has 3 nitrogen and oxygen atoms in total. The zero-order valence-corrected chi connectivity index (χ0v) is 11.0. The monoisotopic (exact) mass is 274 g/mol. The van der Waals surface area contributed by atoms with Crippen molar-refractivity contribution in [2.24, 2.45) is 5.84 Å². The second-order valence-corrected chi connectivity index (χ2v) is 4.98. The summed E-state index contributed by atoms with van der Waals surface area (Å²) in [5.41, 5.74) is 3.68. The van der Waals surface area contributed by atoms with Gasteiger partial charge in [0.15, 0.2) is 0 Å². The Hall–Kier alpha value is -0.320. The lowest BCUT2D eigenvalue weighted by Crippen LogP contribution is -2.39. The normalized spacial score (nSPS) is 22.4. The van der Waals surface area contributed by atoms with E-state index in [1.54, 1.807) is 6.07 Å². The molecule has 1 saturated heterocycles. The number of nitrogens with one attached hydrogen (secondary N) is 1. The summed E-state index contributed by atoms with van der Waals surface area (Å²) < 4.78 is 5.74. The van der Waals surface area contributed by atoms with Crippen LogP contribution in [0.25, 0.3) is 0 Å². The third kappa shape index (κ3) is 2.92. The Balaban J connectivity index is 2.24. The number of hydrogen-bond donors (Lipinski definition) is 2. The number of ether oxygens (including phenoxy) is 1. The van der Waals surface area contributed by atoms with Crippen LogP contribution in [0.5, 0.6) is 0 Å². The molecule has 17 heavy (non-hydrogen) atoms. The number of hydrogen-bond acceptors (Lipinski definition) is 3. The Morgan fingerprint density at radius 3 is 2.82 bits per heavy atom. The van der Waals surface area contributed by atoms with Crippen molar-refractivity contribution in [1.29, 1.82) is 0 Å². The second kappa shape index (κ2) is 6.03. The molecule has 1 aliphatic rings. The lowest BCUT2D eigenvalue weighted by Gasteiger charge is -2.30. The molecular formula is C12H16Cl2N2O. The van der Waals surface area contributed by atoms with Gasteiger partial charge in [-0.2, -0.15) is 0 Å². The smallest absolute Gasteiger partial charge is 0.0783 e. The van der Waals surface area contributed by atoms with E-state index in [2.05, 4.69) is 5.43 Å². The van der Waals surface area contributed by atoms with Crippen molar-refractivity contribution >= 4 is 23.2 Å². The zero-order chi connectivity index (χ0) is 12.3. The van der Waals surface area contributed by atoms with E-state index in [4.69, 9.17) is 33.8 Å². The largest absolute Gasteiger partial charge is 0.376 e. The van der Waals surface area contributed by atoms with Gasteiger partial charge in [-0.1, -0.05) is 35.3 Å². The number of nitrogens with two attached hydrogens (primary N) is 1. The van der Waals surface area contributed by atoms with Crippen LogP contribution in [-0.4, -0.2) is 12.7 Å². The highest BCUT2D eigenvalue weighted by molar-refractivity contribution is 6.42. The first kappa shape index (κ1) is 13.1. The van der Waals surface area contributed by atoms with E-state index < -0.39 is 0 Å². The summed E-state index contributed by atoms with van der Waals surface area (Å²) in [5.74, 6) is 5.62. The van der Waals surface area contributed by atoms with E-state index >= 15 is 0 Å². The Morgan fingerprint density at radius 2 is 2.18 bits per heavy atom. The van der Waals surface area contributed by atoms with E-state index in [1.807, 2.05) is 12.1 Å². The minimum Gasteiger partial charge on any atom is -0.376 e. The van der Waals surface area contributed by atoms with Gasteiger partial charge in [0.2, 0.25) is 0 Å². The Bertz CT molecular complexity index is 381. The van der Waals surface area contributed by atoms with Crippen LogP contribution in [0.1, 0.15) is 30.9 Å². The van der Waals surface area contributed by atoms with Crippen LogP contribution in [0.3, 0.4) is 0 Å². The SMILES string of the molecule is NNC(c1cccc(Cl)c1Cl)C1CCCCO1. The van der Waals surface area contributed by atoms with Gasteiger partial charge in [-0.25, -0.2) is 0 Å². The van der Waals surface area contributed by atoms with Gasteiger partial charge in [-0.15, -0.1) is 0 Å². The summed E-state index contributed by atoms with van der Waals surface area (Å²) in [6.07, 6.45) is 3.31. The van der Waals surface area contributed by atoms with Gasteiger partial charge in [-0.05, 0) is 30.9 Å². The lowest BCUT2D eigenvalue weighted by molar-refractivity contribution is -0.00819. The highest BCUT2D eigenvalue weighted by Crippen LogP contribution is 2.34. The quantitative estimate of drug-likeness (QED) is 0.658.